The van der Waals surface area contributed by atoms with Gasteiger partial charge in [-0.25, -0.2) is 18.2 Å². The molecule has 1 aromatic heterocycles. The number of thioether (sulfide) groups is 1. The van der Waals surface area contributed by atoms with Crippen LogP contribution < -0.4 is 5.32 Å². The fourth-order valence-electron chi connectivity index (χ4n) is 5.26. The van der Waals surface area contributed by atoms with Crippen LogP contribution in [0.25, 0.3) is 5.69 Å². The van der Waals surface area contributed by atoms with Crippen molar-refractivity contribution in [1.82, 2.24) is 14.9 Å². The van der Waals surface area contributed by atoms with Crippen LogP contribution in [0.2, 0.25) is 5.02 Å². The fourth-order valence-corrected chi connectivity index (χ4v) is 6.43. The number of imidazole rings is 1. The summed E-state index contributed by atoms with van der Waals surface area (Å²) in [6, 6.07) is 14.2. The van der Waals surface area contributed by atoms with Crippen molar-refractivity contribution in [3.05, 3.63) is 111 Å². The van der Waals surface area contributed by atoms with Crippen LogP contribution in [-0.2, 0) is 17.6 Å². The van der Waals surface area contributed by atoms with Gasteiger partial charge in [0.2, 0.25) is 0 Å². The molecule has 1 unspecified atom stereocenters. The zero-order valence-electron chi connectivity index (χ0n) is 21.7. The SMILES string of the molecule is CNC(=O)c1cc(F)c(CSc2nc3c(n2-c2ccc(F)cc2)C(C)(c2ccc(Cl)c(C)c2)CCC3)c(F)c1. The monoisotopic (exact) mass is 569 g/mol. The third-order valence-corrected chi connectivity index (χ3v) is 8.78. The Morgan fingerprint density at radius 3 is 2.44 bits per heavy atom. The van der Waals surface area contributed by atoms with Crippen molar-refractivity contribution in [2.24, 2.45) is 0 Å². The topological polar surface area (TPSA) is 46.9 Å². The van der Waals surface area contributed by atoms with E-state index < -0.39 is 23.0 Å². The minimum atomic E-state index is -0.799. The van der Waals surface area contributed by atoms with E-state index in [1.54, 1.807) is 12.1 Å². The van der Waals surface area contributed by atoms with Gasteiger partial charge in [-0.05, 0) is 86.7 Å². The van der Waals surface area contributed by atoms with Crippen LogP contribution in [0.3, 0.4) is 0 Å². The summed E-state index contributed by atoms with van der Waals surface area (Å²) in [6.07, 6.45) is 2.53. The van der Waals surface area contributed by atoms with E-state index in [-0.39, 0.29) is 22.7 Å². The smallest absolute Gasteiger partial charge is 0.251 e. The van der Waals surface area contributed by atoms with Crippen LogP contribution >= 0.6 is 23.4 Å². The number of aryl methyl sites for hydroxylation is 2. The minimum Gasteiger partial charge on any atom is -0.355 e. The number of hydrogen-bond acceptors (Lipinski definition) is 3. The Bertz CT molecular complexity index is 1550. The summed E-state index contributed by atoms with van der Waals surface area (Å²) >= 11 is 7.53. The molecule has 0 saturated carbocycles. The summed E-state index contributed by atoms with van der Waals surface area (Å²) in [4.78, 5) is 16.8. The molecule has 0 aliphatic heterocycles. The summed E-state index contributed by atoms with van der Waals surface area (Å²) in [6.45, 7) is 4.14. The lowest BCUT2D eigenvalue weighted by atomic mass is 9.71. The lowest BCUT2D eigenvalue weighted by Crippen LogP contribution is -2.31. The number of fused-ring (bicyclic) bond motifs is 1. The predicted molar refractivity (Wildman–Crippen MR) is 148 cm³/mol. The number of amides is 1. The number of hydrogen-bond donors (Lipinski definition) is 1. The first-order valence-electron chi connectivity index (χ1n) is 12.6. The van der Waals surface area contributed by atoms with Crippen LogP contribution in [-0.4, -0.2) is 22.5 Å². The highest BCUT2D eigenvalue weighted by molar-refractivity contribution is 7.98. The lowest BCUT2D eigenvalue weighted by molar-refractivity contribution is 0.0962. The maximum atomic E-state index is 14.9. The molecule has 4 nitrogen and oxygen atoms in total. The molecule has 4 aromatic rings. The predicted octanol–water partition coefficient (Wildman–Crippen LogP) is 7.55. The van der Waals surface area contributed by atoms with E-state index in [4.69, 9.17) is 16.6 Å². The summed E-state index contributed by atoms with van der Waals surface area (Å²) in [7, 11) is 1.40. The van der Waals surface area contributed by atoms with Crippen LogP contribution in [0.5, 0.6) is 0 Å². The second-order valence-electron chi connectivity index (χ2n) is 9.94. The molecule has 5 rings (SSSR count). The van der Waals surface area contributed by atoms with Crippen LogP contribution in [0, 0.1) is 24.4 Å². The van der Waals surface area contributed by atoms with E-state index in [2.05, 4.69) is 18.3 Å². The molecule has 202 valence electrons. The normalized spacial score (nSPS) is 16.7. The highest BCUT2D eigenvalue weighted by atomic mass is 35.5. The second kappa shape index (κ2) is 10.7. The first-order chi connectivity index (χ1) is 18.6. The molecule has 1 amide bonds. The van der Waals surface area contributed by atoms with Crippen molar-refractivity contribution in [2.75, 3.05) is 7.05 Å². The van der Waals surface area contributed by atoms with E-state index in [0.717, 1.165) is 53.9 Å². The van der Waals surface area contributed by atoms with Gasteiger partial charge in [0, 0.05) is 40.1 Å². The van der Waals surface area contributed by atoms with Gasteiger partial charge in [0.15, 0.2) is 5.16 Å². The van der Waals surface area contributed by atoms with E-state index in [1.165, 1.54) is 30.9 Å². The van der Waals surface area contributed by atoms with Crippen molar-refractivity contribution < 1.29 is 18.0 Å². The Morgan fingerprint density at radius 2 is 1.79 bits per heavy atom. The fraction of sp³-hybridized carbons (Fsp3) is 0.267. The Hall–Kier alpha value is -3.23. The van der Waals surface area contributed by atoms with Gasteiger partial charge in [0.1, 0.15) is 17.5 Å². The van der Waals surface area contributed by atoms with E-state index >= 15 is 0 Å². The molecule has 39 heavy (non-hydrogen) atoms. The summed E-state index contributed by atoms with van der Waals surface area (Å²) < 4.78 is 45.7. The van der Waals surface area contributed by atoms with Gasteiger partial charge in [0.05, 0.1) is 11.4 Å². The summed E-state index contributed by atoms with van der Waals surface area (Å²) in [5.41, 5.74) is 3.99. The first kappa shape index (κ1) is 27.3. The number of rotatable bonds is 6. The van der Waals surface area contributed by atoms with Crippen molar-refractivity contribution >= 4 is 29.3 Å². The van der Waals surface area contributed by atoms with Gasteiger partial charge in [-0.1, -0.05) is 35.5 Å². The molecule has 0 spiro atoms. The average Bonchev–Trinajstić information content (AvgIpc) is 3.29. The maximum absolute atomic E-state index is 14.9. The number of carbonyl (C=O) groups excluding carboxylic acids is 1. The highest BCUT2D eigenvalue weighted by Gasteiger charge is 2.39. The number of nitrogens with zero attached hydrogens (tertiary/aromatic N) is 2. The molecule has 0 fully saturated rings. The quantitative estimate of drug-likeness (QED) is 0.244. The third-order valence-electron chi connectivity index (χ3n) is 7.39. The molecule has 0 saturated heterocycles. The van der Waals surface area contributed by atoms with Crippen LogP contribution in [0.4, 0.5) is 13.2 Å². The first-order valence-corrected chi connectivity index (χ1v) is 14.0. The number of aromatic nitrogens is 2. The minimum absolute atomic E-state index is 0.0421. The molecule has 0 bridgehead atoms. The standard InChI is InChI=1S/C30H27ClF3N3OS/c1-17-13-19(6-11-23(17)31)30(2)12-4-5-26-27(30)37(21-9-7-20(32)8-10-21)29(36-26)39-16-22-24(33)14-18(15-25(22)34)28(38)35-3/h6-11,13-15H,4-5,12,16H2,1-3H3,(H,35,38). The Morgan fingerprint density at radius 1 is 1.10 bits per heavy atom. The Labute approximate surface area is 234 Å². The Balaban J connectivity index is 1.61. The van der Waals surface area contributed by atoms with E-state index in [0.29, 0.717) is 15.9 Å². The molecule has 9 heteroatoms. The number of nitrogens with one attached hydrogen (secondary N) is 1. The second-order valence-corrected chi connectivity index (χ2v) is 11.3. The van der Waals surface area contributed by atoms with Crippen molar-refractivity contribution in [2.45, 2.75) is 49.4 Å². The van der Waals surface area contributed by atoms with Crippen LogP contribution in [0.1, 0.15) is 58.2 Å². The summed E-state index contributed by atoms with van der Waals surface area (Å²) in [5, 5.41) is 3.62. The molecule has 3 aromatic carbocycles. The number of carbonyl (C=O) groups is 1. The van der Waals surface area contributed by atoms with Gasteiger partial charge in [-0.3, -0.25) is 9.36 Å². The van der Waals surface area contributed by atoms with E-state index in [1.807, 2.05) is 23.6 Å². The number of benzene rings is 3. The third kappa shape index (κ3) is 5.08. The molecular formula is C30H27ClF3N3OS. The van der Waals surface area contributed by atoms with Gasteiger partial charge < -0.3 is 5.32 Å². The zero-order valence-corrected chi connectivity index (χ0v) is 23.3. The zero-order chi connectivity index (χ0) is 27.9. The maximum Gasteiger partial charge on any atom is 0.251 e. The molecule has 1 heterocycles. The van der Waals surface area contributed by atoms with Crippen molar-refractivity contribution in [3.63, 3.8) is 0 Å². The number of halogens is 4. The highest BCUT2D eigenvalue weighted by Crippen LogP contribution is 2.46. The molecule has 1 N–H and O–H groups in total. The molecule has 1 atom stereocenters. The van der Waals surface area contributed by atoms with E-state index in [9.17, 15) is 18.0 Å². The molecule has 0 radical (unpaired) electrons. The van der Waals surface area contributed by atoms with Crippen molar-refractivity contribution in [1.29, 1.82) is 0 Å². The largest absolute Gasteiger partial charge is 0.355 e. The molecule has 1 aliphatic rings. The summed E-state index contributed by atoms with van der Waals surface area (Å²) in [5.74, 6) is -2.57. The van der Waals surface area contributed by atoms with Gasteiger partial charge in [0.25, 0.3) is 5.91 Å². The van der Waals surface area contributed by atoms with Gasteiger partial charge >= 0.3 is 0 Å². The van der Waals surface area contributed by atoms with Crippen LogP contribution in [0.15, 0.2) is 59.8 Å². The van der Waals surface area contributed by atoms with Gasteiger partial charge in [-0.15, -0.1) is 0 Å². The van der Waals surface area contributed by atoms with Gasteiger partial charge in [-0.2, -0.15) is 0 Å². The van der Waals surface area contributed by atoms with Crippen molar-refractivity contribution in [3.8, 4) is 5.69 Å². The molecular weight excluding hydrogens is 543 g/mol. The molecule has 1 aliphatic carbocycles. The average molecular weight is 570 g/mol. The Kier molecular flexibility index (Phi) is 7.53. The lowest BCUT2D eigenvalue weighted by Gasteiger charge is -2.36.